The Morgan fingerprint density at radius 2 is 1.87 bits per heavy atom. The van der Waals surface area contributed by atoms with Crippen molar-refractivity contribution in [1.82, 2.24) is 9.21 Å². The first-order valence-corrected chi connectivity index (χ1v) is 8.51. The van der Waals surface area contributed by atoms with Crippen LogP contribution in [0.1, 0.15) is 6.42 Å². The van der Waals surface area contributed by atoms with E-state index < -0.39 is 32.6 Å². The summed E-state index contributed by atoms with van der Waals surface area (Å²) in [5.74, 6) is -2.89. The van der Waals surface area contributed by atoms with E-state index in [1.54, 1.807) is 0 Å². The van der Waals surface area contributed by atoms with Gasteiger partial charge in [0.25, 0.3) is 0 Å². The zero-order valence-corrected chi connectivity index (χ0v) is 12.9. The molecule has 0 aliphatic carbocycles. The van der Waals surface area contributed by atoms with E-state index in [9.17, 15) is 22.4 Å². The highest BCUT2D eigenvalue weighted by Crippen LogP contribution is 2.29. The number of sulfonamides is 1. The maximum atomic E-state index is 13.7. The SMILES string of the molecule is O=C(O)C1CC(=O)N(C2CN(S(=O)(=O)c3ccccc3F)C2)C1. The van der Waals surface area contributed by atoms with Gasteiger partial charge in [-0.3, -0.25) is 9.59 Å². The molecular weight excluding hydrogens is 327 g/mol. The Kier molecular flexibility index (Phi) is 3.85. The second kappa shape index (κ2) is 5.57. The summed E-state index contributed by atoms with van der Waals surface area (Å²) in [5, 5.41) is 8.95. The van der Waals surface area contributed by atoms with Crippen LogP contribution in [-0.2, 0) is 19.6 Å². The number of halogens is 1. The molecule has 1 amide bonds. The molecule has 1 unspecified atom stereocenters. The van der Waals surface area contributed by atoms with Crippen molar-refractivity contribution >= 4 is 21.9 Å². The van der Waals surface area contributed by atoms with Gasteiger partial charge in [-0.1, -0.05) is 12.1 Å². The van der Waals surface area contributed by atoms with Crippen LogP contribution in [0.4, 0.5) is 4.39 Å². The highest BCUT2D eigenvalue weighted by Gasteiger charge is 2.46. The maximum absolute atomic E-state index is 13.7. The molecule has 2 aliphatic rings. The van der Waals surface area contributed by atoms with Crippen molar-refractivity contribution in [2.24, 2.45) is 5.92 Å². The average Bonchev–Trinajstić information content (AvgIpc) is 2.79. The average molecular weight is 342 g/mol. The third-order valence-electron chi connectivity index (χ3n) is 4.23. The third-order valence-corrected chi connectivity index (χ3v) is 6.10. The molecule has 2 heterocycles. The van der Waals surface area contributed by atoms with Crippen molar-refractivity contribution in [3.8, 4) is 0 Å². The number of carbonyl (C=O) groups is 2. The Morgan fingerprint density at radius 1 is 1.22 bits per heavy atom. The summed E-state index contributed by atoms with van der Waals surface area (Å²) in [6.45, 7) is 0.190. The molecule has 1 aromatic rings. The largest absolute Gasteiger partial charge is 0.481 e. The van der Waals surface area contributed by atoms with E-state index in [4.69, 9.17) is 5.11 Å². The summed E-state index contributed by atoms with van der Waals surface area (Å²) in [4.78, 5) is 23.8. The topological polar surface area (TPSA) is 95.0 Å². The maximum Gasteiger partial charge on any atom is 0.308 e. The van der Waals surface area contributed by atoms with Crippen LogP contribution in [0.15, 0.2) is 29.2 Å². The number of aliphatic carboxylic acids is 1. The van der Waals surface area contributed by atoms with Gasteiger partial charge in [0.05, 0.1) is 12.0 Å². The number of rotatable bonds is 4. The monoisotopic (exact) mass is 342 g/mol. The van der Waals surface area contributed by atoms with E-state index in [1.165, 1.54) is 23.1 Å². The van der Waals surface area contributed by atoms with Gasteiger partial charge in [0.2, 0.25) is 15.9 Å². The van der Waals surface area contributed by atoms with Crippen LogP contribution in [0.2, 0.25) is 0 Å². The second-order valence-corrected chi connectivity index (χ2v) is 7.60. The molecule has 1 aromatic carbocycles. The fourth-order valence-electron chi connectivity index (χ4n) is 2.85. The molecule has 1 N–H and O–H groups in total. The van der Waals surface area contributed by atoms with Gasteiger partial charge in [-0.05, 0) is 12.1 Å². The van der Waals surface area contributed by atoms with Crippen LogP contribution in [0.5, 0.6) is 0 Å². The number of amides is 1. The number of carboxylic acid groups (broad SMARTS) is 1. The van der Waals surface area contributed by atoms with Crippen molar-refractivity contribution in [1.29, 1.82) is 0 Å². The predicted octanol–water partition coefficient (Wildman–Crippen LogP) is 0.132. The van der Waals surface area contributed by atoms with Gasteiger partial charge in [0.1, 0.15) is 10.7 Å². The Morgan fingerprint density at radius 3 is 2.43 bits per heavy atom. The lowest BCUT2D eigenvalue weighted by Gasteiger charge is -2.42. The number of likely N-dealkylation sites (tertiary alicyclic amines) is 1. The molecule has 3 rings (SSSR count). The van der Waals surface area contributed by atoms with Crippen LogP contribution in [0.25, 0.3) is 0 Å². The number of benzene rings is 1. The smallest absolute Gasteiger partial charge is 0.308 e. The van der Waals surface area contributed by atoms with E-state index >= 15 is 0 Å². The standard InChI is InChI=1S/C14H15FN2O5S/c15-11-3-1-2-4-12(11)23(21,22)16-7-10(8-16)17-6-9(14(19)20)5-13(17)18/h1-4,9-10H,5-8H2,(H,19,20). The molecule has 0 bridgehead atoms. The summed E-state index contributed by atoms with van der Waals surface area (Å²) >= 11 is 0. The molecule has 23 heavy (non-hydrogen) atoms. The predicted molar refractivity (Wildman–Crippen MR) is 76.4 cm³/mol. The molecule has 2 fully saturated rings. The van der Waals surface area contributed by atoms with Gasteiger partial charge >= 0.3 is 5.97 Å². The summed E-state index contributed by atoms with van der Waals surface area (Å²) < 4.78 is 39.4. The number of carboxylic acids is 1. The summed E-state index contributed by atoms with van der Waals surface area (Å²) in [5.41, 5.74) is 0. The fourth-order valence-corrected chi connectivity index (χ4v) is 4.43. The minimum absolute atomic E-state index is 0.0503. The van der Waals surface area contributed by atoms with E-state index in [0.29, 0.717) is 0 Å². The van der Waals surface area contributed by atoms with Crippen LogP contribution >= 0.6 is 0 Å². The van der Waals surface area contributed by atoms with E-state index in [-0.39, 0.29) is 38.0 Å². The molecule has 0 saturated carbocycles. The zero-order chi connectivity index (χ0) is 16.8. The quantitative estimate of drug-likeness (QED) is 0.839. The normalized spacial score (nSPS) is 23.1. The van der Waals surface area contributed by atoms with Crippen molar-refractivity contribution in [2.45, 2.75) is 17.4 Å². The van der Waals surface area contributed by atoms with E-state index in [2.05, 4.69) is 0 Å². The van der Waals surface area contributed by atoms with Crippen LogP contribution < -0.4 is 0 Å². The Labute approximate surface area is 132 Å². The summed E-state index contributed by atoms with van der Waals surface area (Å²) in [6, 6.07) is 4.76. The lowest BCUT2D eigenvalue weighted by Crippen LogP contribution is -2.61. The van der Waals surface area contributed by atoms with Crippen molar-refractivity contribution in [3.63, 3.8) is 0 Å². The Bertz CT molecular complexity index is 760. The van der Waals surface area contributed by atoms with Crippen molar-refractivity contribution in [3.05, 3.63) is 30.1 Å². The Hall–Kier alpha value is -2.00. The van der Waals surface area contributed by atoms with Gasteiger partial charge in [-0.2, -0.15) is 4.31 Å². The molecule has 0 spiro atoms. The number of carbonyl (C=O) groups excluding carboxylic acids is 1. The van der Waals surface area contributed by atoms with E-state index in [1.807, 2.05) is 0 Å². The highest BCUT2D eigenvalue weighted by atomic mass is 32.2. The van der Waals surface area contributed by atoms with Gasteiger partial charge in [-0.25, -0.2) is 12.8 Å². The van der Waals surface area contributed by atoms with Crippen LogP contribution in [0.3, 0.4) is 0 Å². The van der Waals surface area contributed by atoms with Crippen molar-refractivity contribution < 1.29 is 27.5 Å². The second-order valence-electron chi connectivity index (χ2n) is 5.69. The molecule has 0 radical (unpaired) electrons. The summed E-state index contributed by atoms with van der Waals surface area (Å²) in [7, 11) is -3.94. The highest BCUT2D eigenvalue weighted by molar-refractivity contribution is 7.89. The number of hydrogen-bond acceptors (Lipinski definition) is 4. The fraction of sp³-hybridized carbons (Fsp3) is 0.429. The molecule has 9 heteroatoms. The molecular formula is C14H15FN2O5S. The minimum Gasteiger partial charge on any atom is -0.481 e. The van der Waals surface area contributed by atoms with Gasteiger partial charge in [-0.15, -0.1) is 0 Å². The van der Waals surface area contributed by atoms with Gasteiger partial charge in [0.15, 0.2) is 0 Å². The molecule has 1 atom stereocenters. The zero-order valence-electron chi connectivity index (χ0n) is 12.1. The van der Waals surface area contributed by atoms with Crippen LogP contribution in [-0.4, -0.2) is 60.3 Å². The van der Waals surface area contributed by atoms with Crippen molar-refractivity contribution in [2.75, 3.05) is 19.6 Å². The minimum atomic E-state index is -3.94. The number of hydrogen-bond donors (Lipinski definition) is 1. The van der Waals surface area contributed by atoms with Gasteiger partial charge in [0, 0.05) is 26.1 Å². The van der Waals surface area contributed by atoms with Gasteiger partial charge < -0.3 is 10.0 Å². The molecule has 2 saturated heterocycles. The molecule has 0 aromatic heterocycles. The number of nitrogens with zero attached hydrogens (tertiary/aromatic N) is 2. The lowest BCUT2D eigenvalue weighted by atomic mass is 10.1. The van der Waals surface area contributed by atoms with Crippen LogP contribution in [0, 0.1) is 11.7 Å². The molecule has 124 valence electrons. The first-order valence-electron chi connectivity index (χ1n) is 7.07. The molecule has 2 aliphatic heterocycles. The summed E-state index contributed by atoms with van der Waals surface area (Å²) in [6.07, 6.45) is -0.0636. The first kappa shape index (κ1) is 15.9. The van der Waals surface area contributed by atoms with E-state index in [0.717, 1.165) is 10.4 Å². The first-order chi connectivity index (χ1) is 10.8. The molecule has 7 nitrogen and oxygen atoms in total. The third kappa shape index (κ3) is 2.70. The lowest BCUT2D eigenvalue weighted by molar-refractivity contribution is -0.141. The Balaban J connectivity index is 1.69.